The van der Waals surface area contributed by atoms with Gasteiger partial charge in [-0.15, -0.1) is 0 Å². The minimum atomic E-state index is -4.87. The fourth-order valence-corrected chi connectivity index (χ4v) is 0. The quantitative estimate of drug-likeness (QED) is 0.310. The Morgan fingerprint density at radius 2 is 1.17 bits per heavy atom. The summed E-state index contributed by atoms with van der Waals surface area (Å²) in [5.41, 5.74) is 0. The minimum absolute atomic E-state index is 0. The molecule has 0 aromatic rings. The Morgan fingerprint density at radius 1 is 1.08 bits per heavy atom. The summed E-state index contributed by atoms with van der Waals surface area (Å²) in [7, 11) is -6.29. The largest absolute Gasteiger partial charge is 1.00 e. The summed E-state index contributed by atoms with van der Waals surface area (Å²) < 4.78 is 20.2. The predicted molar refractivity (Wildman–Crippen MR) is 23.7 cm³/mol. The van der Waals surface area contributed by atoms with Gasteiger partial charge in [0.15, 0.2) is 0 Å². The maximum atomic E-state index is 9.28. The maximum absolute atomic E-state index is 9.28. The van der Waals surface area contributed by atoms with Crippen molar-refractivity contribution >= 4 is 34.0 Å². The van der Waals surface area contributed by atoms with Gasteiger partial charge in [-0.1, -0.05) is 0 Å². The Kier molecular flexibility index (Phi) is 46.2. The molecule has 0 amide bonds. The second-order valence-corrected chi connectivity index (χ2v) is 3.05. The van der Waals surface area contributed by atoms with Crippen LogP contribution in [0.2, 0.25) is 0 Å². The summed E-state index contributed by atoms with van der Waals surface area (Å²) in [4.78, 5) is 27.9. The molecular formula is H2AlLi3O6PSi. The van der Waals surface area contributed by atoms with E-state index in [-0.39, 0.29) is 56.6 Å². The van der Waals surface area contributed by atoms with E-state index in [2.05, 4.69) is 3.48 Å². The molecule has 12 heteroatoms. The third-order valence-electron chi connectivity index (χ3n) is 0.177. The van der Waals surface area contributed by atoms with Crippen LogP contribution in [-0.4, -0.2) is 25.7 Å². The summed E-state index contributed by atoms with van der Waals surface area (Å²) in [6.45, 7) is 0. The van der Waals surface area contributed by atoms with Crippen LogP contribution in [0.5, 0.6) is 0 Å². The van der Waals surface area contributed by atoms with Crippen molar-refractivity contribution in [3.05, 3.63) is 0 Å². The SMILES string of the molecule is O=[PH]=O.[Li+].[Li+].[Li+].[O-][Si]([O-])([O-])[O][AlH]. The number of hydrogen-bond acceptors (Lipinski definition) is 6. The topological polar surface area (TPSA) is 113 Å². The molecular weight excluding hydrogens is 203 g/mol. The zero-order valence-corrected chi connectivity index (χ0v) is 10.6. The molecule has 0 aliphatic heterocycles. The second-order valence-electron chi connectivity index (χ2n) is 0.728. The van der Waals surface area contributed by atoms with Gasteiger partial charge in [-0.3, -0.25) is 0 Å². The summed E-state index contributed by atoms with van der Waals surface area (Å²) in [6, 6.07) is 0. The maximum Gasteiger partial charge on any atom is 1.00 e. The van der Waals surface area contributed by atoms with Gasteiger partial charge in [0.05, 0.1) is 0 Å². The summed E-state index contributed by atoms with van der Waals surface area (Å²) in [6.07, 6.45) is 0. The van der Waals surface area contributed by atoms with Crippen molar-refractivity contribution in [3.63, 3.8) is 0 Å². The molecule has 1 radical (unpaired) electrons. The van der Waals surface area contributed by atoms with Gasteiger partial charge in [0.1, 0.15) is 0 Å². The molecule has 0 saturated carbocycles. The molecule has 0 bridgehead atoms. The zero-order valence-electron chi connectivity index (χ0n) is 7.16. The van der Waals surface area contributed by atoms with E-state index in [0.717, 1.165) is 0 Å². The first kappa shape index (κ1) is 29.2. The zero-order chi connectivity index (χ0) is 7.91. The molecule has 6 nitrogen and oxygen atoms in total. The van der Waals surface area contributed by atoms with Gasteiger partial charge >= 0.3 is 81.5 Å². The monoisotopic (exact) mass is 205 g/mol. The minimum Gasteiger partial charge on any atom is -0.863 e. The predicted octanol–water partition coefficient (Wildman–Crippen LogP) is -13.3. The fourth-order valence-electron chi connectivity index (χ4n) is 0. The Balaban J connectivity index is -0.0000000246. The van der Waals surface area contributed by atoms with Gasteiger partial charge in [-0.2, -0.15) is 9.05 Å². The van der Waals surface area contributed by atoms with Gasteiger partial charge in [0.25, 0.3) is 0 Å². The average Bonchev–Trinajstić information content (AvgIpc) is 1.67. The second kappa shape index (κ2) is 19.0. The van der Waals surface area contributed by atoms with Crippen molar-refractivity contribution in [2.45, 2.75) is 0 Å². The van der Waals surface area contributed by atoms with Crippen LogP contribution in [0.25, 0.3) is 0 Å². The van der Waals surface area contributed by atoms with E-state index in [1.54, 1.807) is 0 Å². The van der Waals surface area contributed by atoms with Gasteiger partial charge in [-0.25, -0.2) is 9.13 Å². The van der Waals surface area contributed by atoms with Crippen LogP contribution in [0.3, 0.4) is 0 Å². The molecule has 0 spiro atoms. The van der Waals surface area contributed by atoms with Crippen LogP contribution in [-0.2, 0) is 12.6 Å². The van der Waals surface area contributed by atoms with Crippen molar-refractivity contribution in [1.82, 2.24) is 0 Å². The van der Waals surface area contributed by atoms with Crippen LogP contribution < -0.4 is 71.0 Å². The fraction of sp³-hybridized carbons (Fsp3) is 0. The Hall–Kier alpha value is 2.28. The van der Waals surface area contributed by atoms with E-state index in [0.29, 0.717) is 16.6 Å². The van der Waals surface area contributed by atoms with Crippen molar-refractivity contribution in [1.29, 1.82) is 0 Å². The Labute approximate surface area is 116 Å². The molecule has 0 rings (SSSR count). The van der Waals surface area contributed by atoms with Crippen molar-refractivity contribution < 1.29 is 83.6 Å². The molecule has 0 heterocycles. The van der Waals surface area contributed by atoms with Crippen LogP contribution in [0.1, 0.15) is 0 Å². The van der Waals surface area contributed by atoms with E-state index in [4.69, 9.17) is 9.13 Å². The van der Waals surface area contributed by atoms with Crippen LogP contribution >= 0.6 is 8.34 Å². The third-order valence-corrected chi connectivity index (χ3v) is 1.59. The molecule has 0 aliphatic carbocycles. The smallest absolute Gasteiger partial charge is 0.863 e. The van der Waals surface area contributed by atoms with Crippen LogP contribution in [0.15, 0.2) is 0 Å². The molecule has 0 aromatic heterocycles. The molecule has 12 heavy (non-hydrogen) atoms. The Morgan fingerprint density at radius 3 is 1.17 bits per heavy atom. The summed E-state index contributed by atoms with van der Waals surface area (Å²) in [5.74, 6) is 0. The van der Waals surface area contributed by atoms with Gasteiger partial charge in [0.2, 0.25) is 0 Å². The molecule has 0 aromatic carbocycles. The first-order valence-corrected chi connectivity index (χ1v) is 4.54. The molecule has 0 fully saturated rings. The van der Waals surface area contributed by atoms with Gasteiger partial charge < -0.3 is 17.9 Å². The van der Waals surface area contributed by atoms with E-state index in [9.17, 15) is 14.4 Å². The van der Waals surface area contributed by atoms with E-state index in [1.165, 1.54) is 0 Å². The van der Waals surface area contributed by atoms with Gasteiger partial charge in [-0.05, 0) is 0 Å². The third kappa shape index (κ3) is 56.0. The van der Waals surface area contributed by atoms with E-state index < -0.39 is 17.4 Å². The first-order valence-electron chi connectivity index (χ1n) is 1.51. The molecule has 0 N–H and O–H groups in total. The standard InChI is InChI=1S/Al.3Li.O4Si.HO2P.H/c;;;;1-5(2,3)4;1-3-2;/h;;;;;3H;/q4*+1;-4;;. The van der Waals surface area contributed by atoms with Crippen molar-refractivity contribution in [2.24, 2.45) is 0 Å². The van der Waals surface area contributed by atoms with Crippen molar-refractivity contribution in [2.75, 3.05) is 0 Å². The molecule has 53 valence electrons. The first-order chi connectivity index (χ1) is 3.97. The number of rotatable bonds is 1. The van der Waals surface area contributed by atoms with Crippen LogP contribution in [0.4, 0.5) is 0 Å². The number of hydrogen-bond donors (Lipinski definition) is 0. The van der Waals surface area contributed by atoms with Gasteiger partial charge in [0, 0.05) is 0 Å². The molecule has 0 aliphatic rings. The molecule has 0 atom stereocenters. The summed E-state index contributed by atoms with van der Waals surface area (Å²) in [5, 5.41) is 0. The van der Waals surface area contributed by atoms with E-state index >= 15 is 0 Å². The average molecular weight is 205 g/mol. The normalized spacial score (nSPS) is 6.92. The molecule has 0 saturated heterocycles. The van der Waals surface area contributed by atoms with Crippen molar-refractivity contribution in [3.8, 4) is 0 Å². The van der Waals surface area contributed by atoms with Crippen LogP contribution in [0, 0.1) is 0 Å². The molecule has 0 unspecified atom stereocenters. The van der Waals surface area contributed by atoms with E-state index in [1.807, 2.05) is 0 Å². The Bertz CT molecular complexity index is 99.5. The summed E-state index contributed by atoms with van der Waals surface area (Å²) >= 11 is 0.660.